The molecule has 0 bridgehead atoms. The van der Waals surface area contributed by atoms with Crippen molar-refractivity contribution >= 4 is 34.4 Å². The Morgan fingerprint density at radius 1 is 1.18 bits per heavy atom. The van der Waals surface area contributed by atoms with Crippen molar-refractivity contribution in [2.75, 3.05) is 25.1 Å². The number of H-pyrrole nitrogens is 1. The SMILES string of the molecule is COC(=O)CC1CCN(c2nc(-c3ccccc3)nc3[nH]c(COc4cccc(Cl)c4)cc23)C1.[HH]. The highest BCUT2D eigenvalue weighted by molar-refractivity contribution is 6.30. The Hall–Kier alpha value is -3.58. The lowest BCUT2D eigenvalue weighted by Crippen LogP contribution is -2.22. The second-order valence-corrected chi connectivity index (χ2v) is 8.86. The molecule has 0 amide bonds. The number of rotatable bonds is 7. The molecule has 5 rings (SSSR count). The Morgan fingerprint density at radius 2 is 2.03 bits per heavy atom. The standard InChI is InChI=1S/C26H25ClN4O3.H2/c1-33-23(32)12-17-10-11-31(15-17)26-22-14-20(16-34-21-9-5-8-19(27)13-21)28-25(22)29-24(30-26)18-6-3-2-4-7-18;/h2-9,13-14,17H,10-12,15-16H2,1H3,(H,28,29,30);1H. The van der Waals surface area contributed by atoms with Crippen LogP contribution in [0.4, 0.5) is 5.82 Å². The number of fused-ring (bicyclic) bond motifs is 1. The van der Waals surface area contributed by atoms with E-state index in [-0.39, 0.29) is 13.3 Å². The molecule has 1 atom stereocenters. The number of carbonyl (C=O) groups is 1. The molecule has 0 spiro atoms. The lowest BCUT2D eigenvalue weighted by Gasteiger charge is -2.19. The van der Waals surface area contributed by atoms with Crippen molar-refractivity contribution in [3.63, 3.8) is 0 Å². The summed E-state index contributed by atoms with van der Waals surface area (Å²) in [5.74, 6) is 2.28. The molecule has 34 heavy (non-hydrogen) atoms. The summed E-state index contributed by atoms with van der Waals surface area (Å²) in [6, 6.07) is 19.3. The van der Waals surface area contributed by atoms with Gasteiger partial charge in [-0.3, -0.25) is 4.79 Å². The predicted molar refractivity (Wildman–Crippen MR) is 134 cm³/mol. The number of anilines is 1. The van der Waals surface area contributed by atoms with Gasteiger partial charge < -0.3 is 19.4 Å². The van der Waals surface area contributed by atoms with Gasteiger partial charge in [0.15, 0.2) is 5.82 Å². The molecule has 2 aromatic carbocycles. The van der Waals surface area contributed by atoms with Crippen molar-refractivity contribution in [2.45, 2.75) is 19.4 Å². The van der Waals surface area contributed by atoms with Gasteiger partial charge >= 0.3 is 5.97 Å². The van der Waals surface area contributed by atoms with Crippen LogP contribution < -0.4 is 9.64 Å². The second kappa shape index (κ2) is 9.73. The highest BCUT2D eigenvalue weighted by Crippen LogP contribution is 2.33. The number of ether oxygens (including phenoxy) is 2. The van der Waals surface area contributed by atoms with E-state index < -0.39 is 0 Å². The minimum atomic E-state index is -0.174. The minimum absolute atomic E-state index is 0. The van der Waals surface area contributed by atoms with Crippen LogP contribution in [0.5, 0.6) is 5.75 Å². The lowest BCUT2D eigenvalue weighted by atomic mass is 10.1. The molecule has 1 aliphatic rings. The maximum atomic E-state index is 11.8. The number of nitrogens with one attached hydrogen (secondary N) is 1. The quantitative estimate of drug-likeness (QED) is 0.353. The summed E-state index contributed by atoms with van der Waals surface area (Å²) in [6.07, 6.45) is 1.33. The van der Waals surface area contributed by atoms with Gasteiger partial charge in [0.2, 0.25) is 0 Å². The topological polar surface area (TPSA) is 80.3 Å². The average Bonchev–Trinajstić information content (AvgIpc) is 3.49. The van der Waals surface area contributed by atoms with Crippen LogP contribution in [0.1, 0.15) is 20.0 Å². The minimum Gasteiger partial charge on any atom is -0.487 e. The zero-order valence-corrected chi connectivity index (χ0v) is 19.6. The van der Waals surface area contributed by atoms with Gasteiger partial charge in [-0.15, -0.1) is 0 Å². The first-order chi connectivity index (χ1) is 16.6. The van der Waals surface area contributed by atoms with Crippen molar-refractivity contribution in [3.8, 4) is 17.1 Å². The summed E-state index contributed by atoms with van der Waals surface area (Å²) in [6.45, 7) is 1.91. The fourth-order valence-corrected chi connectivity index (χ4v) is 4.49. The molecule has 1 saturated heterocycles. The van der Waals surface area contributed by atoms with Crippen molar-refractivity contribution < 1.29 is 15.7 Å². The van der Waals surface area contributed by atoms with Gasteiger partial charge in [-0.1, -0.05) is 48.0 Å². The summed E-state index contributed by atoms with van der Waals surface area (Å²) >= 11 is 6.07. The third kappa shape index (κ3) is 4.84. The first-order valence-corrected chi connectivity index (χ1v) is 11.6. The fourth-order valence-electron chi connectivity index (χ4n) is 4.31. The summed E-state index contributed by atoms with van der Waals surface area (Å²) < 4.78 is 10.8. The molecule has 2 aromatic heterocycles. The number of esters is 1. The van der Waals surface area contributed by atoms with E-state index in [9.17, 15) is 4.79 Å². The number of hydrogen-bond acceptors (Lipinski definition) is 6. The molecule has 1 aliphatic heterocycles. The normalized spacial score (nSPS) is 15.6. The van der Waals surface area contributed by atoms with Crippen LogP contribution in [-0.4, -0.2) is 41.1 Å². The molecule has 3 heterocycles. The molecule has 1 N–H and O–H groups in total. The van der Waals surface area contributed by atoms with Crippen molar-refractivity contribution in [1.82, 2.24) is 15.0 Å². The number of aromatic amines is 1. The van der Waals surface area contributed by atoms with E-state index in [1.54, 1.807) is 6.07 Å². The van der Waals surface area contributed by atoms with Gasteiger partial charge in [0.1, 0.15) is 23.8 Å². The molecular weight excluding hydrogens is 452 g/mol. The molecule has 176 valence electrons. The molecule has 1 fully saturated rings. The Balaban J connectivity index is 0.00000289. The van der Waals surface area contributed by atoms with Crippen LogP contribution >= 0.6 is 11.6 Å². The second-order valence-electron chi connectivity index (χ2n) is 8.42. The number of benzene rings is 2. The Bertz CT molecular complexity index is 1310. The molecule has 7 nitrogen and oxygen atoms in total. The molecular formula is C26H27ClN4O3. The summed E-state index contributed by atoms with van der Waals surface area (Å²) in [5, 5.41) is 1.56. The van der Waals surface area contributed by atoms with Crippen LogP contribution in [0.25, 0.3) is 22.4 Å². The summed E-state index contributed by atoms with van der Waals surface area (Å²) in [5.41, 5.74) is 2.59. The van der Waals surface area contributed by atoms with Gasteiger partial charge in [-0.05, 0) is 36.6 Å². The average molecular weight is 479 g/mol. The maximum Gasteiger partial charge on any atom is 0.305 e. The van der Waals surface area contributed by atoms with Gasteiger partial charge in [-0.25, -0.2) is 9.97 Å². The van der Waals surface area contributed by atoms with E-state index in [0.29, 0.717) is 29.6 Å². The van der Waals surface area contributed by atoms with Crippen molar-refractivity contribution in [3.05, 3.63) is 71.4 Å². The highest BCUT2D eigenvalue weighted by atomic mass is 35.5. The van der Waals surface area contributed by atoms with Crippen LogP contribution in [0.15, 0.2) is 60.7 Å². The number of nitrogens with zero attached hydrogens (tertiary/aromatic N) is 3. The van der Waals surface area contributed by atoms with Crippen molar-refractivity contribution in [2.24, 2.45) is 5.92 Å². The molecule has 4 aromatic rings. The molecule has 0 aliphatic carbocycles. The Morgan fingerprint density at radius 3 is 2.82 bits per heavy atom. The molecule has 0 saturated carbocycles. The predicted octanol–water partition coefficient (Wildman–Crippen LogP) is 5.49. The van der Waals surface area contributed by atoms with E-state index in [4.69, 9.17) is 31.0 Å². The van der Waals surface area contributed by atoms with E-state index in [2.05, 4.69) is 9.88 Å². The summed E-state index contributed by atoms with van der Waals surface area (Å²) in [7, 11) is 1.43. The van der Waals surface area contributed by atoms with Crippen LogP contribution in [0, 0.1) is 5.92 Å². The number of aromatic nitrogens is 3. The van der Waals surface area contributed by atoms with E-state index >= 15 is 0 Å². The first-order valence-electron chi connectivity index (χ1n) is 11.2. The van der Waals surface area contributed by atoms with E-state index in [0.717, 1.165) is 47.6 Å². The van der Waals surface area contributed by atoms with Crippen LogP contribution in [0.2, 0.25) is 5.02 Å². The maximum absolute atomic E-state index is 11.8. The van der Waals surface area contributed by atoms with E-state index in [1.165, 1.54) is 7.11 Å². The number of methoxy groups -OCH3 is 1. The van der Waals surface area contributed by atoms with Gasteiger partial charge in [0, 0.05) is 25.1 Å². The fraction of sp³-hybridized carbons (Fsp3) is 0.269. The molecule has 0 radical (unpaired) electrons. The van der Waals surface area contributed by atoms with Gasteiger partial charge in [0.25, 0.3) is 0 Å². The monoisotopic (exact) mass is 478 g/mol. The molecule has 8 heteroatoms. The largest absolute Gasteiger partial charge is 0.487 e. The zero-order valence-electron chi connectivity index (χ0n) is 18.8. The van der Waals surface area contributed by atoms with Crippen LogP contribution in [-0.2, 0) is 16.1 Å². The third-order valence-electron chi connectivity index (χ3n) is 6.01. The van der Waals surface area contributed by atoms with Crippen molar-refractivity contribution in [1.29, 1.82) is 0 Å². The number of carbonyl (C=O) groups excluding carboxylic acids is 1. The molecule has 1 unspecified atom stereocenters. The lowest BCUT2D eigenvalue weighted by molar-refractivity contribution is -0.141. The Kier molecular flexibility index (Phi) is 6.36. The zero-order chi connectivity index (χ0) is 23.5. The smallest absolute Gasteiger partial charge is 0.305 e. The third-order valence-corrected chi connectivity index (χ3v) is 6.25. The van der Waals surface area contributed by atoms with Crippen LogP contribution in [0.3, 0.4) is 0 Å². The highest BCUT2D eigenvalue weighted by Gasteiger charge is 2.28. The van der Waals surface area contributed by atoms with E-state index in [1.807, 2.05) is 54.6 Å². The number of halogens is 1. The summed E-state index contributed by atoms with van der Waals surface area (Å²) in [4.78, 5) is 27.2. The first kappa shape index (κ1) is 22.2. The van der Waals surface area contributed by atoms with Gasteiger partial charge in [0.05, 0.1) is 24.6 Å². The number of hydrogen-bond donors (Lipinski definition) is 1. The Labute approximate surface area is 204 Å². The van der Waals surface area contributed by atoms with Gasteiger partial charge in [-0.2, -0.15) is 0 Å².